The molecule has 0 aliphatic rings. The fourth-order valence-electron chi connectivity index (χ4n) is 1.89. The van der Waals surface area contributed by atoms with Gasteiger partial charge in [-0.3, -0.25) is 0 Å². The third kappa shape index (κ3) is 4.87. The summed E-state index contributed by atoms with van der Waals surface area (Å²) in [6.07, 6.45) is 9.57. The van der Waals surface area contributed by atoms with Crippen molar-refractivity contribution in [2.24, 2.45) is 0 Å². The monoisotopic (exact) mass is 302 g/mol. The van der Waals surface area contributed by atoms with Gasteiger partial charge in [-0.1, -0.05) is 12.2 Å². The van der Waals surface area contributed by atoms with Crippen LogP contribution in [0.15, 0.2) is 30.7 Å². The van der Waals surface area contributed by atoms with Gasteiger partial charge in [-0.2, -0.15) is 5.10 Å². The van der Waals surface area contributed by atoms with E-state index in [0.717, 1.165) is 11.2 Å². The van der Waals surface area contributed by atoms with Crippen molar-refractivity contribution in [3.63, 3.8) is 0 Å². The first-order valence-corrected chi connectivity index (χ1v) is 7.29. The largest absolute Gasteiger partial charge is 0.444 e. The van der Waals surface area contributed by atoms with E-state index in [1.165, 1.54) is 0 Å². The lowest BCUT2D eigenvalue weighted by Crippen LogP contribution is -2.37. The van der Waals surface area contributed by atoms with Gasteiger partial charge in [0.05, 0.1) is 6.20 Å². The van der Waals surface area contributed by atoms with E-state index in [0.29, 0.717) is 6.42 Å². The summed E-state index contributed by atoms with van der Waals surface area (Å²) in [5.41, 5.74) is 1.30. The Morgan fingerprint density at radius 2 is 2.27 bits per heavy atom. The van der Waals surface area contributed by atoms with E-state index in [9.17, 15) is 4.79 Å². The minimum Gasteiger partial charge on any atom is -0.444 e. The van der Waals surface area contributed by atoms with Gasteiger partial charge in [0.15, 0.2) is 5.65 Å². The van der Waals surface area contributed by atoms with Crippen LogP contribution in [0.1, 0.15) is 39.7 Å². The number of fused-ring (bicyclic) bond motifs is 1. The second-order valence-corrected chi connectivity index (χ2v) is 6.20. The third-order valence-corrected chi connectivity index (χ3v) is 2.84. The zero-order valence-electron chi connectivity index (χ0n) is 13.4. The number of carbonyl (C=O) groups is 1. The second kappa shape index (κ2) is 6.60. The Kier molecular flexibility index (Phi) is 4.80. The number of rotatable bonds is 4. The number of nitrogens with one attached hydrogen (secondary N) is 1. The first kappa shape index (κ1) is 16.0. The van der Waals surface area contributed by atoms with Gasteiger partial charge in [0.1, 0.15) is 5.60 Å². The molecule has 2 aromatic heterocycles. The van der Waals surface area contributed by atoms with E-state index < -0.39 is 11.7 Å². The van der Waals surface area contributed by atoms with E-state index in [2.05, 4.69) is 15.4 Å². The highest BCUT2D eigenvalue weighted by atomic mass is 16.6. The number of hydrogen-bond donors (Lipinski definition) is 1. The normalized spacial score (nSPS) is 13.5. The summed E-state index contributed by atoms with van der Waals surface area (Å²) in [4.78, 5) is 15.8. The van der Waals surface area contributed by atoms with Crippen molar-refractivity contribution in [2.75, 3.05) is 0 Å². The highest BCUT2D eigenvalue weighted by Crippen LogP contribution is 2.08. The lowest BCUT2D eigenvalue weighted by molar-refractivity contribution is 0.0509. The molecule has 1 amide bonds. The van der Waals surface area contributed by atoms with Crippen LogP contribution in [0.2, 0.25) is 0 Å². The fourth-order valence-corrected chi connectivity index (χ4v) is 1.89. The first-order chi connectivity index (χ1) is 10.3. The van der Waals surface area contributed by atoms with E-state index in [4.69, 9.17) is 4.74 Å². The van der Waals surface area contributed by atoms with Crippen molar-refractivity contribution in [3.05, 3.63) is 36.3 Å². The number of aromatic nitrogens is 3. The smallest absolute Gasteiger partial charge is 0.407 e. The molecule has 0 radical (unpaired) electrons. The fraction of sp³-hybridized carbons (Fsp3) is 0.438. The van der Waals surface area contributed by atoms with Crippen LogP contribution in [0.5, 0.6) is 0 Å². The van der Waals surface area contributed by atoms with Crippen molar-refractivity contribution in [3.8, 4) is 0 Å². The molecule has 0 saturated carbocycles. The Morgan fingerprint density at radius 1 is 1.50 bits per heavy atom. The first-order valence-electron chi connectivity index (χ1n) is 7.29. The van der Waals surface area contributed by atoms with Crippen LogP contribution in [-0.2, 0) is 4.74 Å². The minimum atomic E-state index is -0.481. The summed E-state index contributed by atoms with van der Waals surface area (Å²) in [7, 11) is 0. The average molecular weight is 302 g/mol. The molecule has 2 aromatic rings. The molecule has 6 heteroatoms. The Hall–Kier alpha value is -2.37. The van der Waals surface area contributed by atoms with Gasteiger partial charge in [0, 0.05) is 18.4 Å². The Labute approximate surface area is 130 Å². The lowest BCUT2D eigenvalue weighted by atomic mass is 10.2. The summed E-state index contributed by atoms with van der Waals surface area (Å²) in [6.45, 7) is 7.46. The van der Waals surface area contributed by atoms with Gasteiger partial charge in [0.25, 0.3) is 0 Å². The quantitative estimate of drug-likeness (QED) is 0.942. The molecule has 0 unspecified atom stereocenters. The molecule has 0 saturated heterocycles. The van der Waals surface area contributed by atoms with Crippen molar-refractivity contribution < 1.29 is 9.53 Å². The summed E-state index contributed by atoms with van der Waals surface area (Å²) in [6, 6.07) is 1.95. The van der Waals surface area contributed by atoms with Crippen molar-refractivity contribution >= 4 is 17.8 Å². The molecule has 0 bridgehead atoms. The molecule has 1 atom stereocenters. The number of alkyl carbamates (subject to hydrolysis) is 1. The number of ether oxygens (including phenoxy) is 1. The van der Waals surface area contributed by atoms with Gasteiger partial charge in [-0.25, -0.2) is 14.3 Å². The SMILES string of the molecule is C[C@@H](C/C=C/c1cnn2ccnc2c1)NC(=O)OC(C)(C)C. The van der Waals surface area contributed by atoms with Gasteiger partial charge < -0.3 is 10.1 Å². The molecule has 0 aliphatic carbocycles. The van der Waals surface area contributed by atoms with Crippen LogP contribution < -0.4 is 5.32 Å². The zero-order chi connectivity index (χ0) is 16.2. The molecule has 0 fully saturated rings. The van der Waals surface area contributed by atoms with Crippen LogP contribution in [0, 0.1) is 0 Å². The number of imidazole rings is 1. The molecule has 2 rings (SSSR count). The Balaban J connectivity index is 1.84. The van der Waals surface area contributed by atoms with Gasteiger partial charge in [-0.05, 0) is 45.7 Å². The zero-order valence-corrected chi connectivity index (χ0v) is 13.4. The molecule has 6 nitrogen and oxygen atoms in total. The maximum Gasteiger partial charge on any atom is 0.407 e. The maximum absolute atomic E-state index is 11.6. The number of nitrogens with zero attached hydrogens (tertiary/aromatic N) is 3. The van der Waals surface area contributed by atoms with Crippen molar-refractivity contribution in [1.82, 2.24) is 19.9 Å². The highest BCUT2D eigenvalue weighted by molar-refractivity contribution is 5.68. The van der Waals surface area contributed by atoms with Crippen LogP contribution in [0.3, 0.4) is 0 Å². The van der Waals surface area contributed by atoms with Gasteiger partial charge >= 0.3 is 6.09 Å². The molecule has 1 N–H and O–H groups in total. The molecule has 2 heterocycles. The molecular weight excluding hydrogens is 280 g/mol. The predicted octanol–water partition coefficient (Wildman–Crippen LogP) is 3.05. The molecular formula is C16H22N4O2. The van der Waals surface area contributed by atoms with E-state index >= 15 is 0 Å². The summed E-state index contributed by atoms with van der Waals surface area (Å²) < 4.78 is 6.93. The van der Waals surface area contributed by atoms with Crippen LogP contribution in [0.25, 0.3) is 11.7 Å². The molecule has 0 spiro atoms. The van der Waals surface area contributed by atoms with E-state index in [1.54, 1.807) is 23.1 Å². The van der Waals surface area contributed by atoms with Crippen molar-refractivity contribution in [1.29, 1.82) is 0 Å². The molecule has 118 valence electrons. The molecule has 0 aromatic carbocycles. The highest BCUT2D eigenvalue weighted by Gasteiger charge is 2.17. The van der Waals surface area contributed by atoms with Crippen LogP contribution >= 0.6 is 0 Å². The maximum atomic E-state index is 11.6. The number of carbonyl (C=O) groups excluding carboxylic acids is 1. The number of amides is 1. The molecule has 22 heavy (non-hydrogen) atoms. The lowest BCUT2D eigenvalue weighted by Gasteiger charge is -2.21. The van der Waals surface area contributed by atoms with Crippen molar-refractivity contribution in [2.45, 2.75) is 45.8 Å². The average Bonchev–Trinajstić information content (AvgIpc) is 2.83. The summed E-state index contributed by atoms with van der Waals surface area (Å²) in [5.74, 6) is 0. The Morgan fingerprint density at radius 3 is 3.00 bits per heavy atom. The second-order valence-electron chi connectivity index (χ2n) is 6.20. The van der Waals surface area contributed by atoms with Gasteiger partial charge in [0.2, 0.25) is 0 Å². The summed E-state index contributed by atoms with van der Waals surface area (Å²) in [5, 5.41) is 7.04. The summed E-state index contributed by atoms with van der Waals surface area (Å²) >= 11 is 0. The van der Waals surface area contributed by atoms with Gasteiger partial charge in [-0.15, -0.1) is 0 Å². The van der Waals surface area contributed by atoms with E-state index in [-0.39, 0.29) is 6.04 Å². The third-order valence-electron chi connectivity index (χ3n) is 2.84. The standard InChI is InChI=1S/C16H22N4O2/c1-12(19-15(21)22-16(2,3)4)6-5-7-13-10-14-17-8-9-20(14)18-11-13/h5,7-12H,6H2,1-4H3,(H,19,21)/b7-5+/t12-/m0/s1. The molecule has 0 aliphatic heterocycles. The minimum absolute atomic E-state index is 0.00536. The predicted molar refractivity (Wildman–Crippen MR) is 85.5 cm³/mol. The topological polar surface area (TPSA) is 68.5 Å². The van der Waals surface area contributed by atoms with Crippen LogP contribution in [-0.4, -0.2) is 32.3 Å². The Bertz CT molecular complexity index is 670. The van der Waals surface area contributed by atoms with Crippen LogP contribution in [0.4, 0.5) is 4.79 Å². The number of hydrogen-bond acceptors (Lipinski definition) is 4. The van der Waals surface area contributed by atoms with E-state index in [1.807, 2.05) is 45.9 Å².